The van der Waals surface area contributed by atoms with Crippen LogP contribution in [0.4, 0.5) is 0 Å². The Morgan fingerprint density at radius 3 is 2.62 bits per heavy atom. The number of aliphatic hydroxyl groups excluding tert-OH is 1. The maximum Gasteiger partial charge on any atom is 0.129 e. The predicted octanol–water partition coefficient (Wildman–Crippen LogP) is 2.23. The first-order valence-corrected chi connectivity index (χ1v) is 5.76. The van der Waals surface area contributed by atoms with Crippen LogP contribution in [0.2, 0.25) is 5.15 Å². The van der Waals surface area contributed by atoms with Crippen molar-refractivity contribution >= 4 is 11.6 Å². The van der Waals surface area contributed by atoms with Crippen LogP contribution in [-0.4, -0.2) is 22.7 Å². The smallest absolute Gasteiger partial charge is 0.129 e. The first-order chi connectivity index (χ1) is 7.39. The average molecular weight is 243 g/mol. The molecule has 1 unspecified atom stereocenters. The highest BCUT2D eigenvalue weighted by atomic mass is 35.5. The normalized spacial score (nSPS) is 13.8. The minimum Gasteiger partial charge on any atom is -0.391 e. The third-order valence-electron chi connectivity index (χ3n) is 2.46. The molecule has 1 rings (SSSR count). The van der Waals surface area contributed by atoms with Crippen molar-refractivity contribution in [2.24, 2.45) is 5.41 Å². The van der Waals surface area contributed by atoms with E-state index in [0.717, 1.165) is 5.56 Å². The SMILES string of the molecule is CC(C)(C)C(O)CNCc1ccc(Cl)nc1. The van der Waals surface area contributed by atoms with Gasteiger partial charge < -0.3 is 10.4 Å². The highest BCUT2D eigenvalue weighted by Crippen LogP contribution is 2.18. The summed E-state index contributed by atoms with van der Waals surface area (Å²) in [6, 6.07) is 3.69. The van der Waals surface area contributed by atoms with Crippen molar-refractivity contribution in [1.29, 1.82) is 0 Å². The number of rotatable bonds is 4. The maximum absolute atomic E-state index is 9.81. The number of hydrogen-bond donors (Lipinski definition) is 2. The molecular weight excluding hydrogens is 224 g/mol. The van der Waals surface area contributed by atoms with Gasteiger partial charge in [0.15, 0.2) is 0 Å². The summed E-state index contributed by atoms with van der Waals surface area (Å²) in [5, 5.41) is 13.5. The van der Waals surface area contributed by atoms with E-state index in [2.05, 4.69) is 10.3 Å². The van der Waals surface area contributed by atoms with E-state index in [1.807, 2.05) is 26.8 Å². The van der Waals surface area contributed by atoms with Crippen molar-refractivity contribution in [2.45, 2.75) is 33.4 Å². The van der Waals surface area contributed by atoms with Crippen molar-refractivity contribution in [1.82, 2.24) is 10.3 Å². The van der Waals surface area contributed by atoms with E-state index in [9.17, 15) is 5.11 Å². The van der Waals surface area contributed by atoms with Crippen molar-refractivity contribution < 1.29 is 5.11 Å². The molecule has 0 amide bonds. The summed E-state index contributed by atoms with van der Waals surface area (Å²) in [5.41, 5.74) is 0.969. The zero-order valence-electron chi connectivity index (χ0n) is 10.00. The summed E-state index contributed by atoms with van der Waals surface area (Å²) in [7, 11) is 0. The summed E-state index contributed by atoms with van der Waals surface area (Å²) < 4.78 is 0. The van der Waals surface area contributed by atoms with E-state index < -0.39 is 0 Å². The van der Waals surface area contributed by atoms with Gasteiger partial charge in [-0.05, 0) is 17.0 Å². The van der Waals surface area contributed by atoms with Crippen molar-refractivity contribution in [3.8, 4) is 0 Å². The van der Waals surface area contributed by atoms with Crippen LogP contribution in [0.25, 0.3) is 0 Å². The molecule has 1 heterocycles. The van der Waals surface area contributed by atoms with Crippen LogP contribution in [0.3, 0.4) is 0 Å². The molecule has 0 aliphatic rings. The number of pyridine rings is 1. The molecule has 0 spiro atoms. The van der Waals surface area contributed by atoms with Gasteiger partial charge in [0, 0.05) is 19.3 Å². The Morgan fingerprint density at radius 2 is 2.12 bits per heavy atom. The van der Waals surface area contributed by atoms with E-state index in [0.29, 0.717) is 18.2 Å². The molecule has 0 aromatic carbocycles. The Morgan fingerprint density at radius 1 is 1.44 bits per heavy atom. The number of aromatic nitrogens is 1. The van der Waals surface area contributed by atoms with Crippen LogP contribution < -0.4 is 5.32 Å². The van der Waals surface area contributed by atoms with Gasteiger partial charge in [-0.25, -0.2) is 4.98 Å². The number of nitrogens with one attached hydrogen (secondary N) is 1. The Bertz CT molecular complexity index is 319. The first-order valence-electron chi connectivity index (χ1n) is 5.39. The monoisotopic (exact) mass is 242 g/mol. The Balaban J connectivity index is 2.33. The predicted molar refractivity (Wildman–Crippen MR) is 66.4 cm³/mol. The second-order valence-corrected chi connectivity index (χ2v) is 5.39. The summed E-state index contributed by atoms with van der Waals surface area (Å²) in [4.78, 5) is 3.99. The van der Waals surface area contributed by atoms with Gasteiger partial charge in [0.1, 0.15) is 5.15 Å². The van der Waals surface area contributed by atoms with Gasteiger partial charge in [-0.1, -0.05) is 38.4 Å². The number of halogens is 1. The Kier molecular flexibility index (Phi) is 4.71. The molecule has 0 saturated carbocycles. The molecule has 0 saturated heterocycles. The summed E-state index contributed by atoms with van der Waals surface area (Å²) in [6.07, 6.45) is 1.38. The number of nitrogens with zero attached hydrogens (tertiary/aromatic N) is 1. The topological polar surface area (TPSA) is 45.1 Å². The van der Waals surface area contributed by atoms with Gasteiger partial charge in [-0.2, -0.15) is 0 Å². The van der Waals surface area contributed by atoms with Crippen LogP contribution in [0.15, 0.2) is 18.3 Å². The lowest BCUT2D eigenvalue weighted by Gasteiger charge is -2.26. The highest BCUT2D eigenvalue weighted by Gasteiger charge is 2.21. The van der Waals surface area contributed by atoms with Gasteiger partial charge in [-0.15, -0.1) is 0 Å². The van der Waals surface area contributed by atoms with Crippen LogP contribution in [0.1, 0.15) is 26.3 Å². The zero-order valence-corrected chi connectivity index (χ0v) is 10.8. The molecule has 1 atom stereocenters. The maximum atomic E-state index is 9.81. The van der Waals surface area contributed by atoms with E-state index in [-0.39, 0.29) is 11.5 Å². The molecule has 2 N–H and O–H groups in total. The number of aliphatic hydroxyl groups is 1. The molecule has 16 heavy (non-hydrogen) atoms. The lowest BCUT2D eigenvalue weighted by Crippen LogP contribution is -2.36. The van der Waals surface area contributed by atoms with Gasteiger partial charge in [0.2, 0.25) is 0 Å². The average Bonchev–Trinajstić information content (AvgIpc) is 2.19. The van der Waals surface area contributed by atoms with Crippen molar-refractivity contribution in [2.75, 3.05) is 6.54 Å². The summed E-state index contributed by atoms with van der Waals surface area (Å²) in [6.45, 7) is 7.32. The fraction of sp³-hybridized carbons (Fsp3) is 0.583. The molecule has 4 heteroatoms. The van der Waals surface area contributed by atoms with E-state index in [1.54, 1.807) is 12.3 Å². The molecule has 90 valence electrons. The highest BCUT2D eigenvalue weighted by molar-refractivity contribution is 6.29. The van der Waals surface area contributed by atoms with Crippen LogP contribution in [0, 0.1) is 5.41 Å². The van der Waals surface area contributed by atoms with Crippen LogP contribution in [0.5, 0.6) is 0 Å². The summed E-state index contributed by atoms with van der Waals surface area (Å²) in [5.74, 6) is 0. The minimum atomic E-state index is -0.354. The molecule has 3 nitrogen and oxygen atoms in total. The molecule has 0 radical (unpaired) electrons. The lowest BCUT2D eigenvalue weighted by atomic mass is 9.89. The second-order valence-electron chi connectivity index (χ2n) is 5.00. The van der Waals surface area contributed by atoms with E-state index >= 15 is 0 Å². The molecule has 0 aliphatic heterocycles. The fourth-order valence-electron chi connectivity index (χ4n) is 1.17. The fourth-order valence-corrected chi connectivity index (χ4v) is 1.28. The Hall–Kier alpha value is -0.640. The van der Waals surface area contributed by atoms with E-state index in [4.69, 9.17) is 11.6 Å². The second kappa shape index (κ2) is 5.62. The molecule has 1 aromatic rings. The van der Waals surface area contributed by atoms with Gasteiger partial charge in [-0.3, -0.25) is 0 Å². The van der Waals surface area contributed by atoms with Crippen LogP contribution in [-0.2, 0) is 6.54 Å². The van der Waals surface area contributed by atoms with Gasteiger partial charge in [0.25, 0.3) is 0 Å². The van der Waals surface area contributed by atoms with E-state index in [1.165, 1.54) is 0 Å². The third-order valence-corrected chi connectivity index (χ3v) is 2.68. The summed E-state index contributed by atoms with van der Waals surface area (Å²) >= 11 is 5.68. The minimum absolute atomic E-state index is 0.0920. The van der Waals surface area contributed by atoms with Gasteiger partial charge in [0.05, 0.1) is 6.10 Å². The lowest BCUT2D eigenvalue weighted by molar-refractivity contribution is 0.0627. The quantitative estimate of drug-likeness (QED) is 0.796. The largest absolute Gasteiger partial charge is 0.391 e. The molecule has 0 aliphatic carbocycles. The molecular formula is C12H19ClN2O. The molecule has 0 fully saturated rings. The van der Waals surface area contributed by atoms with Crippen molar-refractivity contribution in [3.63, 3.8) is 0 Å². The zero-order chi connectivity index (χ0) is 12.2. The van der Waals surface area contributed by atoms with Crippen LogP contribution >= 0.6 is 11.6 Å². The van der Waals surface area contributed by atoms with Gasteiger partial charge >= 0.3 is 0 Å². The molecule has 1 aromatic heterocycles. The first kappa shape index (κ1) is 13.4. The molecule has 0 bridgehead atoms. The Labute approximate surface area is 102 Å². The number of hydrogen-bond acceptors (Lipinski definition) is 3. The van der Waals surface area contributed by atoms with Crippen molar-refractivity contribution in [3.05, 3.63) is 29.0 Å². The standard InChI is InChI=1S/C12H19ClN2O/c1-12(2,3)10(16)8-14-6-9-4-5-11(13)15-7-9/h4-5,7,10,14,16H,6,8H2,1-3H3. The third kappa shape index (κ3) is 4.47.